The molecular formula is C18H25N3O2. The van der Waals surface area contributed by atoms with Crippen molar-refractivity contribution in [1.29, 1.82) is 0 Å². The number of H-pyrrole nitrogens is 1. The molecule has 2 rings (SSSR count). The normalized spacial score (nSPS) is 12.0. The van der Waals surface area contributed by atoms with Gasteiger partial charge in [0.25, 0.3) is 5.91 Å². The van der Waals surface area contributed by atoms with Crippen LogP contribution < -0.4 is 4.74 Å². The third kappa shape index (κ3) is 4.12. The Bertz CT molecular complexity index is 651. The monoisotopic (exact) mass is 315 g/mol. The maximum absolute atomic E-state index is 12.6. The van der Waals surface area contributed by atoms with Gasteiger partial charge in [-0.15, -0.1) is 0 Å². The number of carbonyl (C=O) groups is 1. The first-order valence-electron chi connectivity index (χ1n) is 8.00. The van der Waals surface area contributed by atoms with E-state index in [1.807, 2.05) is 44.3 Å². The number of amides is 1. The Labute approximate surface area is 137 Å². The molecule has 1 amide bonds. The van der Waals surface area contributed by atoms with Gasteiger partial charge in [-0.2, -0.15) is 5.10 Å². The number of likely N-dealkylation sites (N-methyl/N-ethyl adjacent to an activating group) is 1. The molecule has 0 radical (unpaired) electrons. The number of aromatic nitrogens is 2. The van der Waals surface area contributed by atoms with Crippen LogP contribution in [0.1, 0.15) is 42.0 Å². The maximum Gasteiger partial charge on any atom is 0.274 e. The van der Waals surface area contributed by atoms with Gasteiger partial charge < -0.3 is 9.64 Å². The van der Waals surface area contributed by atoms with E-state index in [1.54, 1.807) is 12.0 Å². The van der Waals surface area contributed by atoms with Gasteiger partial charge in [0.15, 0.2) is 0 Å². The molecule has 0 aliphatic carbocycles. The summed E-state index contributed by atoms with van der Waals surface area (Å²) in [7, 11) is 3.48. The molecule has 0 aliphatic heterocycles. The van der Waals surface area contributed by atoms with E-state index in [4.69, 9.17) is 4.74 Å². The van der Waals surface area contributed by atoms with Crippen molar-refractivity contribution in [3.8, 4) is 5.75 Å². The van der Waals surface area contributed by atoms with Crippen LogP contribution in [0.5, 0.6) is 5.75 Å². The predicted octanol–water partition coefficient (Wildman–Crippen LogP) is 3.07. The second-order valence-corrected chi connectivity index (χ2v) is 5.81. The highest BCUT2D eigenvalue weighted by Crippen LogP contribution is 2.20. The van der Waals surface area contributed by atoms with E-state index in [1.165, 1.54) is 0 Å². The summed E-state index contributed by atoms with van der Waals surface area (Å²) in [5.41, 5.74) is 2.57. The van der Waals surface area contributed by atoms with Crippen LogP contribution in [0.2, 0.25) is 0 Å². The average Bonchev–Trinajstić information content (AvgIpc) is 3.03. The fourth-order valence-electron chi connectivity index (χ4n) is 2.58. The van der Waals surface area contributed by atoms with Crippen molar-refractivity contribution in [3.05, 3.63) is 47.3 Å². The van der Waals surface area contributed by atoms with Crippen LogP contribution in [-0.4, -0.2) is 41.2 Å². The van der Waals surface area contributed by atoms with Crippen LogP contribution in [0, 0.1) is 0 Å². The van der Waals surface area contributed by atoms with Gasteiger partial charge in [-0.25, -0.2) is 0 Å². The third-order valence-corrected chi connectivity index (χ3v) is 4.06. The molecule has 0 aliphatic rings. The minimum atomic E-state index is -0.0639. The first kappa shape index (κ1) is 17.1. The molecule has 124 valence electrons. The molecule has 0 fully saturated rings. The molecule has 1 aromatic heterocycles. The van der Waals surface area contributed by atoms with Crippen molar-refractivity contribution in [2.45, 2.75) is 39.2 Å². The van der Waals surface area contributed by atoms with Gasteiger partial charge in [-0.1, -0.05) is 31.5 Å². The number of para-hydroxylation sites is 1. The summed E-state index contributed by atoms with van der Waals surface area (Å²) >= 11 is 0. The Morgan fingerprint density at radius 3 is 2.83 bits per heavy atom. The number of ether oxygens (including phenoxy) is 1. The molecule has 1 atom stereocenters. The zero-order valence-corrected chi connectivity index (χ0v) is 14.3. The number of hydrogen-bond donors (Lipinski definition) is 1. The Morgan fingerprint density at radius 2 is 2.13 bits per heavy atom. The molecule has 23 heavy (non-hydrogen) atoms. The lowest BCUT2D eigenvalue weighted by Crippen LogP contribution is -2.36. The zero-order chi connectivity index (χ0) is 16.8. The Hall–Kier alpha value is -2.30. The van der Waals surface area contributed by atoms with E-state index in [-0.39, 0.29) is 11.9 Å². The highest BCUT2D eigenvalue weighted by molar-refractivity contribution is 5.92. The number of hydrogen-bond acceptors (Lipinski definition) is 3. The summed E-state index contributed by atoms with van der Waals surface area (Å²) in [6.07, 6.45) is 2.66. The van der Waals surface area contributed by atoms with Gasteiger partial charge in [-0.05, 0) is 37.5 Å². The number of benzene rings is 1. The fraction of sp³-hybridized carbons (Fsp3) is 0.444. The quantitative estimate of drug-likeness (QED) is 0.854. The van der Waals surface area contributed by atoms with Crippen molar-refractivity contribution >= 4 is 5.91 Å². The number of rotatable bonds is 7. The third-order valence-electron chi connectivity index (χ3n) is 4.06. The van der Waals surface area contributed by atoms with E-state index >= 15 is 0 Å². The van der Waals surface area contributed by atoms with Crippen molar-refractivity contribution in [1.82, 2.24) is 15.1 Å². The van der Waals surface area contributed by atoms with Gasteiger partial charge >= 0.3 is 0 Å². The van der Waals surface area contributed by atoms with Gasteiger partial charge in [0.05, 0.1) is 7.11 Å². The predicted molar refractivity (Wildman–Crippen MR) is 90.8 cm³/mol. The summed E-state index contributed by atoms with van der Waals surface area (Å²) in [6, 6.07) is 9.79. The van der Waals surface area contributed by atoms with Crippen LogP contribution in [0.3, 0.4) is 0 Å². The first-order chi connectivity index (χ1) is 11.1. The molecule has 5 nitrogen and oxygen atoms in total. The van der Waals surface area contributed by atoms with Gasteiger partial charge in [0.1, 0.15) is 11.4 Å². The van der Waals surface area contributed by atoms with E-state index in [0.29, 0.717) is 5.69 Å². The summed E-state index contributed by atoms with van der Waals surface area (Å²) < 4.78 is 5.38. The summed E-state index contributed by atoms with van der Waals surface area (Å²) in [4.78, 5) is 14.3. The summed E-state index contributed by atoms with van der Waals surface area (Å²) in [5, 5.41) is 7.07. The lowest BCUT2D eigenvalue weighted by molar-refractivity contribution is 0.0737. The Kier molecular flexibility index (Phi) is 5.79. The first-order valence-corrected chi connectivity index (χ1v) is 8.00. The summed E-state index contributed by atoms with van der Waals surface area (Å²) in [6.45, 7) is 4.13. The molecule has 1 unspecified atom stereocenters. The number of carbonyl (C=O) groups excluding carboxylic acids is 1. The highest BCUT2D eigenvalue weighted by Gasteiger charge is 2.21. The second-order valence-electron chi connectivity index (χ2n) is 5.81. The molecule has 1 N–H and O–H groups in total. The largest absolute Gasteiger partial charge is 0.496 e. The molecule has 1 aromatic carbocycles. The van der Waals surface area contributed by atoms with E-state index in [0.717, 1.165) is 36.3 Å². The molecule has 0 bridgehead atoms. The SMILES string of the molecule is CCCc1cc(C(=O)N(C)C(C)Cc2ccccc2OC)n[nH]1. The number of methoxy groups -OCH3 is 1. The Balaban J connectivity index is 2.05. The second kappa shape index (κ2) is 7.81. The van der Waals surface area contributed by atoms with Crippen molar-refractivity contribution in [3.63, 3.8) is 0 Å². The minimum Gasteiger partial charge on any atom is -0.496 e. The lowest BCUT2D eigenvalue weighted by atomic mass is 10.0. The number of nitrogens with zero attached hydrogens (tertiary/aromatic N) is 2. The molecule has 5 heteroatoms. The van der Waals surface area contributed by atoms with Gasteiger partial charge in [-0.3, -0.25) is 9.89 Å². The van der Waals surface area contributed by atoms with Crippen LogP contribution in [-0.2, 0) is 12.8 Å². The average molecular weight is 315 g/mol. The summed E-state index contributed by atoms with van der Waals surface area (Å²) in [5.74, 6) is 0.788. The van der Waals surface area contributed by atoms with E-state index in [9.17, 15) is 4.79 Å². The Morgan fingerprint density at radius 1 is 1.39 bits per heavy atom. The van der Waals surface area contributed by atoms with Gasteiger partial charge in [0, 0.05) is 18.8 Å². The van der Waals surface area contributed by atoms with Crippen LogP contribution >= 0.6 is 0 Å². The highest BCUT2D eigenvalue weighted by atomic mass is 16.5. The zero-order valence-electron chi connectivity index (χ0n) is 14.3. The minimum absolute atomic E-state index is 0.0464. The van der Waals surface area contributed by atoms with E-state index < -0.39 is 0 Å². The smallest absolute Gasteiger partial charge is 0.274 e. The van der Waals surface area contributed by atoms with Gasteiger partial charge in [0.2, 0.25) is 0 Å². The molecule has 0 saturated heterocycles. The topological polar surface area (TPSA) is 58.2 Å². The van der Waals surface area contributed by atoms with Crippen LogP contribution in [0.4, 0.5) is 0 Å². The van der Waals surface area contributed by atoms with Crippen LogP contribution in [0.25, 0.3) is 0 Å². The van der Waals surface area contributed by atoms with Crippen molar-refractivity contribution < 1.29 is 9.53 Å². The number of aromatic amines is 1. The van der Waals surface area contributed by atoms with E-state index in [2.05, 4.69) is 17.1 Å². The number of aryl methyl sites for hydroxylation is 1. The molecule has 2 aromatic rings. The van der Waals surface area contributed by atoms with Crippen molar-refractivity contribution in [2.75, 3.05) is 14.2 Å². The fourth-order valence-corrected chi connectivity index (χ4v) is 2.58. The standard InChI is InChI=1S/C18H25N3O2/c1-5-8-15-12-16(20-19-15)18(22)21(3)13(2)11-14-9-6-7-10-17(14)23-4/h6-7,9-10,12-13H,5,8,11H2,1-4H3,(H,19,20). The van der Waals surface area contributed by atoms with Crippen molar-refractivity contribution in [2.24, 2.45) is 0 Å². The molecule has 0 saturated carbocycles. The molecule has 0 spiro atoms. The van der Waals surface area contributed by atoms with Crippen LogP contribution in [0.15, 0.2) is 30.3 Å². The maximum atomic E-state index is 12.6. The number of nitrogens with one attached hydrogen (secondary N) is 1. The lowest BCUT2D eigenvalue weighted by Gasteiger charge is -2.25. The molecular weight excluding hydrogens is 290 g/mol. The molecule has 1 heterocycles.